The minimum absolute atomic E-state index is 0.0406. The average molecular weight is 401 g/mol. The molecule has 28 heavy (non-hydrogen) atoms. The molecule has 6 nitrogen and oxygen atoms in total. The fraction of sp³-hybridized carbons (Fsp3) is 0.444. The van der Waals surface area contributed by atoms with Gasteiger partial charge < -0.3 is 19.8 Å². The molecule has 1 fully saturated rings. The van der Waals surface area contributed by atoms with Crippen LogP contribution in [0.15, 0.2) is 28.8 Å². The molecule has 152 valence electrons. The number of aromatic nitrogens is 1. The van der Waals surface area contributed by atoms with Crippen molar-refractivity contribution < 1.29 is 32.0 Å². The number of alkyl halides is 3. The molecular formula is C18H19F4N3O3. The zero-order valence-corrected chi connectivity index (χ0v) is 14.8. The number of halogens is 4. The number of piperidine rings is 1. The molecule has 0 radical (unpaired) electrons. The first-order valence-corrected chi connectivity index (χ1v) is 8.77. The van der Waals surface area contributed by atoms with Crippen LogP contribution in [0.25, 0.3) is 0 Å². The molecule has 0 atom stereocenters. The topological polar surface area (TPSA) is 78.6 Å². The second-order valence-corrected chi connectivity index (χ2v) is 6.53. The van der Waals surface area contributed by atoms with Crippen LogP contribution in [0.5, 0.6) is 0 Å². The second kappa shape index (κ2) is 8.17. The standard InChI is InChI=1S/C18H19F4N3O3/c19-14-9-12(1-2-13(14)18(20,21)22)17(27)25-6-3-11(4-7-25)15-10-16(28-24-15)23-5-8-26/h1-2,9-11,23,26H,3-8H2. The number of aliphatic hydroxyl groups excluding tert-OH is 1. The molecule has 3 rings (SSSR count). The summed E-state index contributed by atoms with van der Waals surface area (Å²) in [6.45, 7) is 1.04. The van der Waals surface area contributed by atoms with Crippen molar-refractivity contribution >= 4 is 11.8 Å². The number of hydrogen-bond acceptors (Lipinski definition) is 5. The highest BCUT2D eigenvalue weighted by Crippen LogP contribution is 2.33. The average Bonchev–Trinajstić information content (AvgIpc) is 3.14. The van der Waals surface area contributed by atoms with Gasteiger partial charge in [0.2, 0.25) is 5.88 Å². The lowest BCUT2D eigenvalue weighted by atomic mass is 9.93. The molecule has 0 bridgehead atoms. The molecule has 0 aliphatic carbocycles. The molecule has 10 heteroatoms. The van der Waals surface area contributed by atoms with Gasteiger partial charge in [-0.3, -0.25) is 4.79 Å². The quantitative estimate of drug-likeness (QED) is 0.752. The first-order valence-electron chi connectivity index (χ1n) is 8.77. The van der Waals surface area contributed by atoms with Crippen LogP contribution in [0.1, 0.15) is 40.4 Å². The molecule has 1 aromatic heterocycles. The Bertz CT molecular complexity index is 830. The van der Waals surface area contributed by atoms with E-state index in [9.17, 15) is 22.4 Å². The molecular weight excluding hydrogens is 382 g/mol. The molecule has 2 N–H and O–H groups in total. The highest BCUT2D eigenvalue weighted by molar-refractivity contribution is 5.94. The smallest absolute Gasteiger partial charge is 0.395 e. The number of likely N-dealkylation sites (tertiary alicyclic amines) is 1. The van der Waals surface area contributed by atoms with Crippen molar-refractivity contribution in [3.8, 4) is 0 Å². The van der Waals surface area contributed by atoms with Gasteiger partial charge in [0.15, 0.2) is 0 Å². The third-order valence-electron chi connectivity index (χ3n) is 4.66. The van der Waals surface area contributed by atoms with Gasteiger partial charge in [-0.1, -0.05) is 5.16 Å². The van der Waals surface area contributed by atoms with Crippen LogP contribution >= 0.6 is 0 Å². The second-order valence-electron chi connectivity index (χ2n) is 6.53. The molecule has 1 amide bonds. The fourth-order valence-corrected chi connectivity index (χ4v) is 3.18. The van der Waals surface area contributed by atoms with E-state index >= 15 is 0 Å². The number of carbonyl (C=O) groups excluding carboxylic acids is 1. The predicted octanol–water partition coefficient (Wildman–Crippen LogP) is 3.26. The van der Waals surface area contributed by atoms with Crippen molar-refractivity contribution in [2.75, 3.05) is 31.6 Å². The van der Waals surface area contributed by atoms with Crippen LogP contribution in [-0.4, -0.2) is 47.3 Å². The predicted molar refractivity (Wildman–Crippen MR) is 91.4 cm³/mol. The summed E-state index contributed by atoms with van der Waals surface area (Å²) in [5.74, 6) is -1.44. The van der Waals surface area contributed by atoms with Gasteiger partial charge in [-0.25, -0.2) is 4.39 Å². The van der Waals surface area contributed by atoms with Crippen LogP contribution in [0, 0.1) is 5.82 Å². The molecule has 0 saturated carbocycles. The van der Waals surface area contributed by atoms with Gasteiger partial charge in [-0.15, -0.1) is 0 Å². The summed E-state index contributed by atoms with van der Waals surface area (Å²) < 4.78 is 56.8. The van der Waals surface area contributed by atoms with E-state index in [0.717, 1.165) is 11.8 Å². The molecule has 1 aliphatic rings. The van der Waals surface area contributed by atoms with Crippen molar-refractivity contribution in [1.29, 1.82) is 0 Å². The van der Waals surface area contributed by atoms with Crippen molar-refractivity contribution in [3.05, 3.63) is 46.9 Å². The van der Waals surface area contributed by atoms with E-state index < -0.39 is 23.5 Å². The summed E-state index contributed by atoms with van der Waals surface area (Å²) >= 11 is 0. The number of amides is 1. The van der Waals surface area contributed by atoms with Crippen LogP contribution in [-0.2, 0) is 6.18 Å². The number of anilines is 1. The largest absolute Gasteiger partial charge is 0.419 e. The van der Waals surface area contributed by atoms with Crippen LogP contribution in [0.4, 0.5) is 23.4 Å². The van der Waals surface area contributed by atoms with Gasteiger partial charge in [-0.05, 0) is 31.0 Å². The van der Waals surface area contributed by atoms with Crippen molar-refractivity contribution in [3.63, 3.8) is 0 Å². The molecule has 0 unspecified atom stereocenters. The van der Waals surface area contributed by atoms with Gasteiger partial charge in [0.25, 0.3) is 5.91 Å². The Morgan fingerprint density at radius 3 is 2.61 bits per heavy atom. The Kier molecular flexibility index (Phi) is 5.87. The highest BCUT2D eigenvalue weighted by atomic mass is 19.4. The van der Waals surface area contributed by atoms with Gasteiger partial charge in [0.05, 0.1) is 17.9 Å². The zero-order valence-electron chi connectivity index (χ0n) is 14.8. The van der Waals surface area contributed by atoms with E-state index in [4.69, 9.17) is 9.63 Å². The summed E-state index contributed by atoms with van der Waals surface area (Å²) in [6.07, 6.45) is -3.60. The van der Waals surface area contributed by atoms with Crippen LogP contribution < -0.4 is 5.32 Å². The maximum Gasteiger partial charge on any atom is 0.419 e. The van der Waals surface area contributed by atoms with Gasteiger partial charge in [0.1, 0.15) is 5.82 Å². The third-order valence-corrected chi connectivity index (χ3v) is 4.66. The minimum atomic E-state index is -4.80. The SMILES string of the molecule is O=C(c1ccc(C(F)(F)F)c(F)c1)N1CCC(c2cc(NCCO)on2)CC1. The number of carbonyl (C=O) groups is 1. The van der Waals surface area contributed by atoms with Crippen molar-refractivity contribution in [2.24, 2.45) is 0 Å². The first-order chi connectivity index (χ1) is 13.3. The maximum atomic E-state index is 13.7. The lowest BCUT2D eigenvalue weighted by molar-refractivity contribution is -0.140. The summed E-state index contributed by atoms with van der Waals surface area (Å²) in [7, 11) is 0. The van der Waals surface area contributed by atoms with E-state index in [0.29, 0.717) is 50.5 Å². The summed E-state index contributed by atoms with van der Waals surface area (Å²) in [5.41, 5.74) is -0.770. The molecule has 2 heterocycles. The first kappa shape index (κ1) is 20.1. The number of aliphatic hydroxyl groups is 1. The highest BCUT2D eigenvalue weighted by Gasteiger charge is 2.35. The fourth-order valence-electron chi connectivity index (χ4n) is 3.18. The molecule has 1 saturated heterocycles. The van der Waals surface area contributed by atoms with Gasteiger partial charge in [-0.2, -0.15) is 13.2 Å². The maximum absolute atomic E-state index is 13.7. The number of nitrogens with zero attached hydrogens (tertiary/aromatic N) is 2. The Morgan fingerprint density at radius 1 is 1.29 bits per heavy atom. The lowest BCUT2D eigenvalue weighted by Crippen LogP contribution is -2.38. The number of nitrogens with one attached hydrogen (secondary N) is 1. The lowest BCUT2D eigenvalue weighted by Gasteiger charge is -2.31. The van der Waals surface area contributed by atoms with E-state index in [1.165, 1.54) is 4.90 Å². The monoisotopic (exact) mass is 401 g/mol. The summed E-state index contributed by atoms with van der Waals surface area (Å²) in [4.78, 5) is 14.0. The minimum Gasteiger partial charge on any atom is -0.395 e. The molecule has 2 aromatic rings. The zero-order chi connectivity index (χ0) is 20.3. The van der Waals surface area contributed by atoms with Crippen molar-refractivity contribution in [2.45, 2.75) is 24.9 Å². The third kappa shape index (κ3) is 4.44. The molecule has 0 spiro atoms. The van der Waals surface area contributed by atoms with Gasteiger partial charge >= 0.3 is 6.18 Å². The summed E-state index contributed by atoms with van der Waals surface area (Å²) in [5, 5.41) is 15.6. The molecule has 1 aromatic carbocycles. The van der Waals surface area contributed by atoms with Gasteiger partial charge in [0, 0.05) is 37.2 Å². The van der Waals surface area contributed by atoms with Crippen molar-refractivity contribution in [1.82, 2.24) is 10.1 Å². The number of rotatable bonds is 5. The van der Waals surface area contributed by atoms with Crippen LogP contribution in [0.2, 0.25) is 0 Å². The number of hydrogen-bond donors (Lipinski definition) is 2. The van der Waals surface area contributed by atoms with E-state index in [1.54, 1.807) is 6.07 Å². The van der Waals surface area contributed by atoms with E-state index in [1.807, 2.05) is 0 Å². The molecule has 1 aliphatic heterocycles. The Hall–Kier alpha value is -2.62. The van der Waals surface area contributed by atoms with E-state index in [2.05, 4.69) is 10.5 Å². The Balaban J connectivity index is 1.61. The normalized spacial score (nSPS) is 15.7. The van der Waals surface area contributed by atoms with E-state index in [-0.39, 0.29) is 18.1 Å². The van der Waals surface area contributed by atoms with Crippen LogP contribution in [0.3, 0.4) is 0 Å². The number of benzene rings is 1. The Labute approximate surface area is 158 Å². The Morgan fingerprint density at radius 2 is 2.00 bits per heavy atom. The summed E-state index contributed by atoms with van der Waals surface area (Å²) in [6, 6.07) is 3.96.